The van der Waals surface area contributed by atoms with Crippen molar-refractivity contribution in [3.8, 4) is 17.2 Å². The fraction of sp³-hybridized carbons (Fsp3) is 0.786. The molecule has 0 aliphatic carbocycles. The second-order valence-electron chi connectivity index (χ2n) is 9.16. The fourth-order valence-corrected chi connectivity index (χ4v) is 4.23. The average Bonchev–Trinajstić information content (AvgIpc) is 2.77. The van der Waals surface area contributed by atoms with Gasteiger partial charge in [-0.3, -0.25) is 0 Å². The van der Waals surface area contributed by atoms with E-state index >= 15 is 0 Å². The van der Waals surface area contributed by atoms with Crippen molar-refractivity contribution in [3.05, 3.63) is 17.2 Å². The number of benzene rings is 1. The molecule has 0 spiro atoms. The molecule has 0 aromatic heterocycles. The number of hydrogen-bond donors (Lipinski definition) is 2. The van der Waals surface area contributed by atoms with Gasteiger partial charge >= 0.3 is 0 Å². The molecular weight excluding hydrogens is 384 g/mol. The van der Waals surface area contributed by atoms with Gasteiger partial charge in [0, 0.05) is 5.56 Å². The molecule has 1 rings (SSSR count). The molecule has 0 saturated carbocycles. The summed E-state index contributed by atoms with van der Waals surface area (Å²) in [6, 6.07) is 1.79. The zero-order valence-corrected chi connectivity index (χ0v) is 20.8. The van der Waals surface area contributed by atoms with E-state index in [1.807, 2.05) is 0 Å². The SMILES string of the molecule is CCCCCCCCCc1cc(O)c(O)c(OCCCC)c1CCCCCCCCC. The summed E-state index contributed by atoms with van der Waals surface area (Å²) in [6.07, 6.45) is 21.7. The van der Waals surface area contributed by atoms with E-state index in [0.717, 1.165) is 44.1 Å². The first-order valence-electron chi connectivity index (χ1n) is 13.3. The van der Waals surface area contributed by atoms with Crippen LogP contribution in [0.3, 0.4) is 0 Å². The van der Waals surface area contributed by atoms with E-state index in [9.17, 15) is 10.2 Å². The Bertz CT molecular complexity index is 568. The van der Waals surface area contributed by atoms with Gasteiger partial charge in [-0.15, -0.1) is 0 Å². The van der Waals surface area contributed by atoms with Crippen LogP contribution in [0.5, 0.6) is 17.2 Å². The Hall–Kier alpha value is -1.38. The Morgan fingerprint density at radius 2 is 1.10 bits per heavy atom. The van der Waals surface area contributed by atoms with Crippen molar-refractivity contribution in [1.82, 2.24) is 0 Å². The van der Waals surface area contributed by atoms with Crippen molar-refractivity contribution in [2.24, 2.45) is 0 Å². The van der Waals surface area contributed by atoms with Crippen molar-refractivity contribution in [2.45, 2.75) is 136 Å². The summed E-state index contributed by atoms with van der Waals surface area (Å²) >= 11 is 0. The number of phenols is 2. The number of ether oxygens (including phenoxy) is 1. The second kappa shape index (κ2) is 18.2. The third-order valence-electron chi connectivity index (χ3n) is 6.25. The molecular formula is C28H50O3. The minimum Gasteiger partial charge on any atom is -0.504 e. The summed E-state index contributed by atoms with van der Waals surface area (Å²) in [6.45, 7) is 7.24. The highest BCUT2D eigenvalue weighted by atomic mass is 16.5. The number of unbranched alkanes of at least 4 members (excludes halogenated alkanes) is 13. The molecule has 0 amide bonds. The van der Waals surface area contributed by atoms with E-state index in [-0.39, 0.29) is 11.5 Å². The molecule has 3 nitrogen and oxygen atoms in total. The number of aryl methyl sites for hydroxylation is 1. The van der Waals surface area contributed by atoms with Gasteiger partial charge in [0.25, 0.3) is 0 Å². The van der Waals surface area contributed by atoms with Crippen molar-refractivity contribution in [2.75, 3.05) is 6.61 Å². The molecule has 0 aliphatic rings. The van der Waals surface area contributed by atoms with Gasteiger partial charge in [0.05, 0.1) is 6.61 Å². The predicted molar refractivity (Wildman–Crippen MR) is 134 cm³/mol. The topological polar surface area (TPSA) is 49.7 Å². The lowest BCUT2D eigenvalue weighted by Crippen LogP contribution is -2.04. The normalized spacial score (nSPS) is 11.2. The van der Waals surface area contributed by atoms with Gasteiger partial charge in [-0.25, -0.2) is 0 Å². The fourth-order valence-electron chi connectivity index (χ4n) is 4.23. The van der Waals surface area contributed by atoms with Crippen molar-refractivity contribution in [3.63, 3.8) is 0 Å². The highest BCUT2D eigenvalue weighted by molar-refractivity contribution is 5.58. The molecule has 1 aromatic rings. The third-order valence-corrected chi connectivity index (χ3v) is 6.25. The summed E-state index contributed by atoms with van der Waals surface area (Å²) in [5.74, 6) is 0.433. The number of rotatable bonds is 20. The average molecular weight is 435 g/mol. The van der Waals surface area contributed by atoms with Gasteiger partial charge < -0.3 is 14.9 Å². The van der Waals surface area contributed by atoms with Crippen LogP contribution < -0.4 is 4.74 Å². The molecule has 31 heavy (non-hydrogen) atoms. The maximum Gasteiger partial charge on any atom is 0.200 e. The molecule has 3 heteroatoms. The van der Waals surface area contributed by atoms with Crippen LogP contribution in [0.25, 0.3) is 0 Å². The van der Waals surface area contributed by atoms with Crippen LogP contribution in [0, 0.1) is 0 Å². The predicted octanol–water partition coefficient (Wildman–Crippen LogP) is 8.86. The molecule has 0 unspecified atom stereocenters. The quantitative estimate of drug-likeness (QED) is 0.159. The minimum atomic E-state index is -0.0719. The Morgan fingerprint density at radius 1 is 0.613 bits per heavy atom. The van der Waals surface area contributed by atoms with Gasteiger partial charge in [-0.2, -0.15) is 0 Å². The van der Waals surface area contributed by atoms with E-state index in [1.54, 1.807) is 6.07 Å². The summed E-state index contributed by atoms with van der Waals surface area (Å²) in [4.78, 5) is 0. The molecule has 0 saturated heterocycles. The van der Waals surface area contributed by atoms with Gasteiger partial charge in [-0.05, 0) is 43.7 Å². The van der Waals surface area contributed by atoms with Crippen LogP contribution in [0.4, 0.5) is 0 Å². The molecule has 0 fully saturated rings. The monoisotopic (exact) mass is 434 g/mol. The Kier molecular flexibility index (Phi) is 16.3. The molecule has 0 atom stereocenters. The van der Waals surface area contributed by atoms with Crippen molar-refractivity contribution in [1.29, 1.82) is 0 Å². The zero-order valence-electron chi connectivity index (χ0n) is 20.8. The molecule has 1 aromatic carbocycles. The van der Waals surface area contributed by atoms with Crippen molar-refractivity contribution < 1.29 is 14.9 Å². The van der Waals surface area contributed by atoms with Gasteiger partial charge in [0.2, 0.25) is 5.75 Å². The number of phenolic OH excluding ortho intramolecular Hbond substituents is 2. The summed E-state index contributed by atoms with van der Waals surface area (Å²) in [5.41, 5.74) is 2.30. The van der Waals surface area contributed by atoms with E-state index in [4.69, 9.17) is 4.74 Å². The molecule has 2 N–H and O–H groups in total. The molecule has 0 bridgehead atoms. The summed E-state index contributed by atoms with van der Waals surface area (Å²) < 4.78 is 6.00. The third kappa shape index (κ3) is 11.7. The smallest absolute Gasteiger partial charge is 0.200 e. The zero-order chi connectivity index (χ0) is 22.7. The maximum atomic E-state index is 10.5. The first-order chi connectivity index (χ1) is 15.2. The van der Waals surface area contributed by atoms with Gasteiger partial charge in [-0.1, -0.05) is 104 Å². The molecule has 0 aliphatic heterocycles. The molecule has 180 valence electrons. The summed E-state index contributed by atoms with van der Waals surface area (Å²) in [7, 11) is 0. The first kappa shape index (κ1) is 27.7. The Labute approximate surface area is 192 Å². The van der Waals surface area contributed by atoms with Crippen LogP contribution in [0.1, 0.15) is 135 Å². The standard InChI is InChI=1S/C28H50O3/c1-4-7-10-12-14-16-18-20-24-23-26(29)27(30)28(31-22-9-6-3)25(24)21-19-17-15-13-11-8-5-2/h23,29-30H,4-22H2,1-3H3. The van der Waals surface area contributed by atoms with Crippen molar-refractivity contribution >= 4 is 0 Å². The van der Waals surface area contributed by atoms with Gasteiger partial charge in [0.15, 0.2) is 11.5 Å². The Morgan fingerprint density at radius 3 is 1.65 bits per heavy atom. The molecule has 0 radical (unpaired) electrons. The van der Waals surface area contributed by atoms with E-state index in [1.165, 1.54) is 82.6 Å². The van der Waals surface area contributed by atoms with Crippen LogP contribution in [0.15, 0.2) is 6.07 Å². The summed E-state index contributed by atoms with van der Waals surface area (Å²) in [5, 5.41) is 20.8. The van der Waals surface area contributed by atoms with Crippen LogP contribution in [-0.4, -0.2) is 16.8 Å². The van der Waals surface area contributed by atoms with Crippen LogP contribution >= 0.6 is 0 Å². The molecule has 0 heterocycles. The number of aromatic hydroxyl groups is 2. The largest absolute Gasteiger partial charge is 0.504 e. The van der Waals surface area contributed by atoms with Crippen LogP contribution in [0.2, 0.25) is 0 Å². The van der Waals surface area contributed by atoms with E-state index in [0.29, 0.717) is 12.4 Å². The maximum absolute atomic E-state index is 10.5. The highest BCUT2D eigenvalue weighted by Crippen LogP contribution is 2.42. The first-order valence-corrected chi connectivity index (χ1v) is 13.3. The lowest BCUT2D eigenvalue weighted by atomic mass is 9.94. The number of hydrogen-bond acceptors (Lipinski definition) is 3. The Balaban J connectivity index is 2.72. The lowest BCUT2D eigenvalue weighted by Gasteiger charge is -2.18. The van der Waals surface area contributed by atoms with Crippen LogP contribution in [-0.2, 0) is 12.8 Å². The van der Waals surface area contributed by atoms with Gasteiger partial charge in [0.1, 0.15) is 0 Å². The van der Waals surface area contributed by atoms with E-state index < -0.39 is 0 Å². The second-order valence-corrected chi connectivity index (χ2v) is 9.16. The van der Waals surface area contributed by atoms with E-state index in [2.05, 4.69) is 20.8 Å². The highest BCUT2D eigenvalue weighted by Gasteiger charge is 2.18. The minimum absolute atomic E-state index is 0.0345. The lowest BCUT2D eigenvalue weighted by molar-refractivity contribution is 0.282.